The van der Waals surface area contributed by atoms with Gasteiger partial charge in [-0.15, -0.1) is 0 Å². The largest absolute Gasteiger partial charge is 0.462 e. The molecule has 0 spiro atoms. The monoisotopic (exact) mass is 383 g/mol. The van der Waals surface area contributed by atoms with Crippen molar-refractivity contribution in [3.8, 4) is 5.13 Å². The molecule has 0 aliphatic heterocycles. The Morgan fingerprint density at radius 1 is 1.30 bits per heavy atom. The number of carbonyl (C=O) groups is 1. The third-order valence-corrected chi connectivity index (χ3v) is 4.93. The molecule has 4 aromatic rings. The summed E-state index contributed by atoms with van der Waals surface area (Å²) in [5.41, 5.74) is 2.78. The van der Waals surface area contributed by atoms with Gasteiger partial charge >= 0.3 is 5.97 Å². The quantitative estimate of drug-likeness (QED) is 0.490. The SMILES string of the molecule is CCOC(=O)c1cnn(-c2nc3ccccc3s2)c1CNCc1ccon1. The summed E-state index contributed by atoms with van der Waals surface area (Å²) >= 11 is 1.52. The summed E-state index contributed by atoms with van der Waals surface area (Å²) in [5, 5.41) is 12.2. The van der Waals surface area contributed by atoms with Crippen molar-refractivity contribution in [3.63, 3.8) is 0 Å². The summed E-state index contributed by atoms with van der Waals surface area (Å²) in [6.45, 7) is 2.98. The van der Waals surface area contributed by atoms with Crippen molar-refractivity contribution in [3.05, 3.63) is 59.7 Å². The lowest BCUT2D eigenvalue weighted by Crippen LogP contribution is -2.19. The van der Waals surface area contributed by atoms with Crippen LogP contribution in [0.5, 0.6) is 0 Å². The van der Waals surface area contributed by atoms with Gasteiger partial charge in [-0.05, 0) is 19.1 Å². The average Bonchev–Trinajstić information content (AvgIpc) is 3.41. The highest BCUT2D eigenvalue weighted by Gasteiger charge is 2.21. The highest BCUT2D eigenvalue weighted by Crippen LogP contribution is 2.26. The Balaban J connectivity index is 1.66. The molecule has 3 heterocycles. The summed E-state index contributed by atoms with van der Waals surface area (Å²) in [6.07, 6.45) is 3.05. The molecule has 9 heteroatoms. The third kappa shape index (κ3) is 3.60. The molecule has 138 valence electrons. The van der Waals surface area contributed by atoms with E-state index in [9.17, 15) is 4.79 Å². The van der Waals surface area contributed by atoms with Crippen molar-refractivity contribution < 1.29 is 14.1 Å². The molecule has 0 bridgehead atoms. The molecule has 0 unspecified atom stereocenters. The Hall–Kier alpha value is -3.04. The molecular formula is C18H17N5O3S. The predicted molar refractivity (Wildman–Crippen MR) is 99.7 cm³/mol. The second kappa shape index (κ2) is 7.68. The minimum atomic E-state index is -0.400. The molecule has 0 atom stereocenters. The maximum Gasteiger partial charge on any atom is 0.341 e. The first-order valence-electron chi connectivity index (χ1n) is 8.46. The van der Waals surface area contributed by atoms with Crippen LogP contribution >= 0.6 is 11.3 Å². The highest BCUT2D eigenvalue weighted by atomic mass is 32.1. The van der Waals surface area contributed by atoms with Gasteiger partial charge in [0.05, 0.1) is 34.4 Å². The first kappa shape index (κ1) is 17.4. The van der Waals surface area contributed by atoms with Gasteiger partial charge in [0.2, 0.25) is 5.13 Å². The number of hydrogen-bond donors (Lipinski definition) is 1. The number of fused-ring (bicyclic) bond motifs is 1. The molecule has 1 aromatic carbocycles. The van der Waals surface area contributed by atoms with E-state index in [0.29, 0.717) is 36.1 Å². The van der Waals surface area contributed by atoms with Crippen LogP contribution < -0.4 is 5.32 Å². The van der Waals surface area contributed by atoms with Crippen LogP contribution in [0.25, 0.3) is 15.3 Å². The van der Waals surface area contributed by atoms with Crippen LogP contribution in [0, 0.1) is 0 Å². The van der Waals surface area contributed by atoms with Crippen molar-refractivity contribution in [1.82, 2.24) is 25.2 Å². The van der Waals surface area contributed by atoms with Gasteiger partial charge in [0, 0.05) is 19.2 Å². The van der Waals surface area contributed by atoms with Crippen LogP contribution in [0.2, 0.25) is 0 Å². The number of carbonyl (C=O) groups excluding carboxylic acids is 1. The van der Waals surface area contributed by atoms with E-state index in [1.807, 2.05) is 24.3 Å². The van der Waals surface area contributed by atoms with E-state index < -0.39 is 5.97 Å². The Labute approximate surface area is 158 Å². The molecule has 0 aliphatic rings. The number of ether oxygens (including phenoxy) is 1. The number of nitrogens with zero attached hydrogens (tertiary/aromatic N) is 4. The van der Waals surface area contributed by atoms with Crippen molar-refractivity contribution in [2.24, 2.45) is 0 Å². The van der Waals surface area contributed by atoms with Crippen LogP contribution in [0.1, 0.15) is 28.7 Å². The Morgan fingerprint density at radius 2 is 2.19 bits per heavy atom. The van der Waals surface area contributed by atoms with Crippen LogP contribution in [-0.2, 0) is 17.8 Å². The Bertz CT molecular complexity index is 1020. The van der Waals surface area contributed by atoms with Crippen LogP contribution in [0.15, 0.2) is 47.3 Å². The minimum absolute atomic E-state index is 0.303. The van der Waals surface area contributed by atoms with Crippen LogP contribution in [0.4, 0.5) is 0 Å². The molecule has 0 fully saturated rings. The summed E-state index contributed by atoms with van der Waals surface area (Å²) in [4.78, 5) is 17.0. The molecule has 0 amide bonds. The summed E-state index contributed by atoms with van der Waals surface area (Å²) < 4.78 is 12.7. The van der Waals surface area contributed by atoms with E-state index in [1.165, 1.54) is 23.8 Å². The normalized spacial score (nSPS) is 11.1. The zero-order valence-corrected chi connectivity index (χ0v) is 15.4. The Kier molecular flexibility index (Phi) is 4.95. The third-order valence-electron chi connectivity index (χ3n) is 3.92. The van der Waals surface area contributed by atoms with Gasteiger partial charge < -0.3 is 14.6 Å². The smallest absolute Gasteiger partial charge is 0.341 e. The molecule has 0 radical (unpaired) electrons. The summed E-state index contributed by atoms with van der Waals surface area (Å²) in [5.74, 6) is -0.400. The first-order valence-corrected chi connectivity index (χ1v) is 9.28. The maximum absolute atomic E-state index is 12.3. The topological polar surface area (TPSA) is 95.1 Å². The van der Waals surface area contributed by atoms with E-state index in [1.54, 1.807) is 17.7 Å². The number of aromatic nitrogens is 4. The lowest BCUT2D eigenvalue weighted by molar-refractivity contribution is 0.0525. The molecule has 0 saturated heterocycles. The molecule has 1 N–H and O–H groups in total. The first-order chi connectivity index (χ1) is 13.3. The van der Waals surface area contributed by atoms with Gasteiger partial charge in [-0.3, -0.25) is 0 Å². The van der Waals surface area contributed by atoms with Crippen LogP contribution in [-0.4, -0.2) is 32.5 Å². The number of nitrogens with one attached hydrogen (secondary N) is 1. The van der Waals surface area contributed by atoms with Crippen molar-refractivity contribution >= 4 is 27.5 Å². The number of esters is 1. The van der Waals surface area contributed by atoms with Crippen molar-refractivity contribution in [2.45, 2.75) is 20.0 Å². The zero-order valence-electron chi connectivity index (χ0n) is 14.6. The number of thiazole rings is 1. The molecule has 0 saturated carbocycles. The zero-order chi connectivity index (χ0) is 18.6. The fraction of sp³-hybridized carbons (Fsp3) is 0.222. The van der Waals surface area contributed by atoms with Gasteiger partial charge in [0.25, 0.3) is 0 Å². The van der Waals surface area contributed by atoms with E-state index in [4.69, 9.17) is 9.26 Å². The second-order valence-corrected chi connectivity index (χ2v) is 6.70. The fourth-order valence-electron chi connectivity index (χ4n) is 2.68. The summed E-state index contributed by atoms with van der Waals surface area (Å²) in [6, 6.07) is 9.66. The van der Waals surface area contributed by atoms with Crippen molar-refractivity contribution in [1.29, 1.82) is 0 Å². The van der Waals surface area contributed by atoms with E-state index >= 15 is 0 Å². The van der Waals surface area contributed by atoms with Gasteiger partial charge in [-0.1, -0.05) is 28.6 Å². The molecule has 8 nitrogen and oxygen atoms in total. The van der Waals surface area contributed by atoms with E-state index in [-0.39, 0.29) is 0 Å². The molecule has 3 aromatic heterocycles. The molecule has 0 aliphatic carbocycles. The Morgan fingerprint density at radius 3 is 2.96 bits per heavy atom. The number of rotatable bonds is 7. The van der Waals surface area contributed by atoms with Crippen molar-refractivity contribution in [2.75, 3.05) is 6.61 Å². The molecule has 27 heavy (non-hydrogen) atoms. The molecular weight excluding hydrogens is 366 g/mol. The number of hydrogen-bond acceptors (Lipinski definition) is 8. The maximum atomic E-state index is 12.3. The van der Waals surface area contributed by atoms with Gasteiger partial charge in [-0.25, -0.2) is 14.5 Å². The average molecular weight is 383 g/mol. The standard InChI is InChI=1S/C18H17N5O3S/c1-2-25-17(24)13-10-20-23(15(13)11-19-9-12-7-8-26-22-12)18-21-14-5-3-4-6-16(14)27-18/h3-8,10,19H,2,9,11H2,1H3. The molecule has 4 rings (SSSR count). The highest BCUT2D eigenvalue weighted by molar-refractivity contribution is 7.20. The second-order valence-electron chi connectivity index (χ2n) is 5.70. The predicted octanol–water partition coefficient (Wildman–Crippen LogP) is 2.94. The van der Waals surface area contributed by atoms with Gasteiger partial charge in [0.15, 0.2) is 0 Å². The van der Waals surface area contributed by atoms with Crippen LogP contribution in [0.3, 0.4) is 0 Å². The lowest BCUT2D eigenvalue weighted by atomic mass is 10.2. The minimum Gasteiger partial charge on any atom is -0.462 e. The van der Waals surface area contributed by atoms with E-state index in [2.05, 4.69) is 20.6 Å². The van der Waals surface area contributed by atoms with E-state index in [0.717, 1.165) is 15.9 Å². The van der Waals surface area contributed by atoms with Gasteiger partial charge in [-0.2, -0.15) is 5.10 Å². The fourth-order valence-corrected chi connectivity index (χ4v) is 3.63. The van der Waals surface area contributed by atoms with Gasteiger partial charge in [0.1, 0.15) is 11.8 Å². The number of para-hydroxylation sites is 1. The number of benzene rings is 1. The summed E-state index contributed by atoms with van der Waals surface area (Å²) in [7, 11) is 0. The lowest BCUT2D eigenvalue weighted by Gasteiger charge is -2.08.